The SMILES string of the molecule is CCNC(=O)CCNC(=O)N(C)c1ccccc1C(=O)O. The molecular weight excluding hydrogens is 274 g/mol. The minimum atomic E-state index is -1.10. The van der Waals surface area contributed by atoms with E-state index in [0.717, 1.165) is 0 Å². The number of urea groups is 1. The second kappa shape index (κ2) is 7.88. The van der Waals surface area contributed by atoms with Gasteiger partial charge in [-0.2, -0.15) is 0 Å². The predicted molar refractivity (Wildman–Crippen MR) is 78.5 cm³/mol. The van der Waals surface area contributed by atoms with Crippen molar-refractivity contribution < 1.29 is 19.5 Å². The molecule has 0 unspecified atom stereocenters. The number of nitrogens with one attached hydrogen (secondary N) is 2. The molecule has 114 valence electrons. The van der Waals surface area contributed by atoms with E-state index in [0.29, 0.717) is 12.2 Å². The van der Waals surface area contributed by atoms with E-state index in [9.17, 15) is 14.4 Å². The van der Waals surface area contributed by atoms with Crippen molar-refractivity contribution in [2.24, 2.45) is 0 Å². The van der Waals surface area contributed by atoms with Crippen LogP contribution in [0.4, 0.5) is 10.5 Å². The van der Waals surface area contributed by atoms with E-state index < -0.39 is 12.0 Å². The number of carboxylic acids is 1. The third kappa shape index (κ3) is 4.79. The van der Waals surface area contributed by atoms with Gasteiger partial charge in [-0.3, -0.25) is 9.69 Å². The quantitative estimate of drug-likeness (QED) is 0.730. The summed E-state index contributed by atoms with van der Waals surface area (Å²) in [5, 5.41) is 14.3. The van der Waals surface area contributed by atoms with Gasteiger partial charge in [0.25, 0.3) is 0 Å². The van der Waals surface area contributed by atoms with Crippen LogP contribution < -0.4 is 15.5 Å². The number of rotatable bonds is 6. The maximum absolute atomic E-state index is 11.9. The Bertz CT molecular complexity index is 531. The van der Waals surface area contributed by atoms with Crippen molar-refractivity contribution in [3.8, 4) is 0 Å². The highest BCUT2D eigenvalue weighted by Gasteiger charge is 2.17. The summed E-state index contributed by atoms with van der Waals surface area (Å²) < 4.78 is 0. The van der Waals surface area contributed by atoms with E-state index in [1.807, 2.05) is 6.92 Å². The third-order valence-electron chi connectivity index (χ3n) is 2.80. The maximum atomic E-state index is 11.9. The highest BCUT2D eigenvalue weighted by molar-refractivity contribution is 6.01. The summed E-state index contributed by atoms with van der Waals surface area (Å²) in [6, 6.07) is 5.75. The Labute approximate surface area is 122 Å². The van der Waals surface area contributed by atoms with E-state index in [1.54, 1.807) is 18.2 Å². The monoisotopic (exact) mass is 293 g/mol. The summed E-state index contributed by atoms with van der Waals surface area (Å²) >= 11 is 0. The zero-order valence-corrected chi connectivity index (χ0v) is 12.0. The first-order valence-electron chi connectivity index (χ1n) is 6.58. The van der Waals surface area contributed by atoms with Crippen LogP contribution in [0.15, 0.2) is 24.3 Å². The average molecular weight is 293 g/mol. The number of amides is 3. The van der Waals surface area contributed by atoms with Gasteiger partial charge in [0.2, 0.25) is 5.91 Å². The molecule has 0 fully saturated rings. The first kappa shape index (κ1) is 16.5. The molecule has 0 saturated carbocycles. The summed E-state index contributed by atoms with van der Waals surface area (Å²) in [6.45, 7) is 2.54. The van der Waals surface area contributed by atoms with Crippen molar-refractivity contribution in [1.82, 2.24) is 10.6 Å². The van der Waals surface area contributed by atoms with Crippen LogP contribution in [-0.4, -0.2) is 43.2 Å². The molecule has 0 aliphatic rings. The molecule has 0 aromatic heterocycles. The Morgan fingerprint density at radius 2 is 1.86 bits per heavy atom. The van der Waals surface area contributed by atoms with Gasteiger partial charge in [-0.1, -0.05) is 12.1 Å². The number of para-hydroxylation sites is 1. The molecule has 3 amide bonds. The second-order valence-electron chi connectivity index (χ2n) is 4.32. The second-order valence-corrected chi connectivity index (χ2v) is 4.32. The number of carbonyl (C=O) groups is 3. The van der Waals surface area contributed by atoms with E-state index in [4.69, 9.17) is 5.11 Å². The number of hydrogen-bond donors (Lipinski definition) is 3. The lowest BCUT2D eigenvalue weighted by Gasteiger charge is -2.19. The average Bonchev–Trinajstić information content (AvgIpc) is 2.46. The first-order valence-corrected chi connectivity index (χ1v) is 6.58. The van der Waals surface area contributed by atoms with Gasteiger partial charge in [-0.05, 0) is 19.1 Å². The smallest absolute Gasteiger partial charge is 0.337 e. The van der Waals surface area contributed by atoms with Gasteiger partial charge in [0.15, 0.2) is 0 Å². The van der Waals surface area contributed by atoms with Crippen molar-refractivity contribution in [2.45, 2.75) is 13.3 Å². The van der Waals surface area contributed by atoms with Crippen molar-refractivity contribution in [3.63, 3.8) is 0 Å². The van der Waals surface area contributed by atoms with Crippen LogP contribution in [-0.2, 0) is 4.79 Å². The molecule has 0 spiro atoms. The number of anilines is 1. The van der Waals surface area contributed by atoms with Crippen LogP contribution in [0.1, 0.15) is 23.7 Å². The van der Waals surface area contributed by atoms with Crippen molar-refractivity contribution in [1.29, 1.82) is 0 Å². The summed E-state index contributed by atoms with van der Waals surface area (Å²) in [7, 11) is 1.48. The van der Waals surface area contributed by atoms with Crippen molar-refractivity contribution >= 4 is 23.6 Å². The molecule has 7 heteroatoms. The molecule has 0 radical (unpaired) electrons. The maximum Gasteiger partial charge on any atom is 0.337 e. The van der Waals surface area contributed by atoms with E-state index >= 15 is 0 Å². The number of aromatic carboxylic acids is 1. The molecule has 3 N–H and O–H groups in total. The molecule has 0 bridgehead atoms. The topological polar surface area (TPSA) is 98.7 Å². The number of carbonyl (C=O) groups excluding carboxylic acids is 2. The largest absolute Gasteiger partial charge is 0.478 e. The van der Waals surface area contributed by atoms with Gasteiger partial charge in [0, 0.05) is 26.6 Å². The third-order valence-corrected chi connectivity index (χ3v) is 2.80. The van der Waals surface area contributed by atoms with E-state index in [1.165, 1.54) is 18.0 Å². The Balaban J connectivity index is 2.63. The molecule has 0 aliphatic heterocycles. The Kier molecular flexibility index (Phi) is 6.19. The van der Waals surface area contributed by atoms with Crippen molar-refractivity contribution in [2.75, 3.05) is 25.0 Å². The molecule has 1 aromatic carbocycles. The molecule has 1 rings (SSSR count). The number of carboxylic acid groups (broad SMARTS) is 1. The fraction of sp³-hybridized carbons (Fsp3) is 0.357. The molecule has 0 heterocycles. The zero-order valence-electron chi connectivity index (χ0n) is 12.0. The van der Waals surface area contributed by atoms with E-state index in [-0.39, 0.29) is 24.4 Å². The predicted octanol–water partition coefficient (Wildman–Crippen LogP) is 1.06. The fourth-order valence-corrected chi connectivity index (χ4v) is 1.74. The summed E-state index contributed by atoms with van der Waals surface area (Å²) in [6.07, 6.45) is 0.175. The lowest BCUT2D eigenvalue weighted by molar-refractivity contribution is -0.120. The minimum Gasteiger partial charge on any atom is -0.478 e. The van der Waals surface area contributed by atoms with Crippen LogP contribution in [0.25, 0.3) is 0 Å². The molecule has 0 aliphatic carbocycles. The zero-order chi connectivity index (χ0) is 15.8. The summed E-state index contributed by atoms with van der Waals surface area (Å²) in [4.78, 5) is 35.5. The number of benzene rings is 1. The van der Waals surface area contributed by atoms with Gasteiger partial charge in [-0.25, -0.2) is 9.59 Å². The van der Waals surface area contributed by atoms with Gasteiger partial charge < -0.3 is 15.7 Å². The first-order chi connectivity index (χ1) is 9.97. The highest BCUT2D eigenvalue weighted by Crippen LogP contribution is 2.18. The fourth-order valence-electron chi connectivity index (χ4n) is 1.74. The van der Waals surface area contributed by atoms with Gasteiger partial charge >= 0.3 is 12.0 Å². The number of hydrogen-bond acceptors (Lipinski definition) is 3. The van der Waals surface area contributed by atoms with Crippen LogP contribution in [0.5, 0.6) is 0 Å². The van der Waals surface area contributed by atoms with Crippen LogP contribution in [0.2, 0.25) is 0 Å². The van der Waals surface area contributed by atoms with Crippen LogP contribution in [0.3, 0.4) is 0 Å². The Morgan fingerprint density at radius 1 is 1.19 bits per heavy atom. The lowest BCUT2D eigenvalue weighted by atomic mass is 10.1. The highest BCUT2D eigenvalue weighted by atomic mass is 16.4. The van der Waals surface area contributed by atoms with Gasteiger partial charge in [0.1, 0.15) is 0 Å². The van der Waals surface area contributed by atoms with Crippen LogP contribution in [0, 0.1) is 0 Å². The lowest BCUT2D eigenvalue weighted by Crippen LogP contribution is -2.39. The Morgan fingerprint density at radius 3 is 2.48 bits per heavy atom. The summed E-state index contributed by atoms with van der Waals surface area (Å²) in [5.41, 5.74) is 0.333. The minimum absolute atomic E-state index is 0.0406. The molecular formula is C14H19N3O4. The Hall–Kier alpha value is -2.57. The number of nitrogens with zero attached hydrogens (tertiary/aromatic N) is 1. The van der Waals surface area contributed by atoms with Gasteiger partial charge in [0.05, 0.1) is 11.3 Å². The molecule has 1 aromatic rings. The molecule has 0 saturated heterocycles. The summed E-state index contributed by atoms with van der Waals surface area (Å²) in [5.74, 6) is -1.25. The van der Waals surface area contributed by atoms with Crippen molar-refractivity contribution in [3.05, 3.63) is 29.8 Å². The van der Waals surface area contributed by atoms with Crippen LogP contribution >= 0.6 is 0 Å². The van der Waals surface area contributed by atoms with E-state index in [2.05, 4.69) is 10.6 Å². The van der Waals surface area contributed by atoms with Gasteiger partial charge in [-0.15, -0.1) is 0 Å². The molecule has 7 nitrogen and oxygen atoms in total. The molecule has 0 atom stereocenters. The normalized spacial score (nSPS) is 9.81. The standard InChI is InChI=1S/C14H19N3O4/c1-3-15-12(18)8-9-16-14(21)17(2)11-7-5-4-6-10(11)13(19)20/h4-7H,3,8-9H2,1-2H3,(H,15,18)(H,16,21)(H,19,20). The molecule has 21 heavy (non-hydrogen) atoms.